The molecule has 1 amide bonds. The number of carboxylic acids is 1. The lowest BCUT2D eigenvalue weighted by atomic mass is 10.1. The smallest absolute Gasteiger partial charge is 0.337 e. The Balaban J connectivity index is 2.19. The first kappa shape index (κ1) is 13.5. The van der Waals surface area contributed by atoms with Crippen molar-refractivity contribution in [3.8, 4) is 0 Å². The summed E-state index contributed by atoms with van der Waals surface area (Å²) in [6.45, 7) is 1.17. The fourth-order valence-electron chi connectivity index (χ4n) is 2.31. The second kappa shape index (κ2) is 5.79. The van der Waals surface area contributed by atoms with Crippen LogP contribution in [0.3, 0.4) is 0 Å². The molecule has 19 heavy (non-hydrogen) atoms. The van der Waals surface area contributed by atoms with E-state index < -0.39 is 5.97 Å². The van der Waals surface area contributed by atoms with Crippen LogP contribution >= 0.6 is 0 Å². The summed E-state index contributed by atoms with van der Waals surface area (Å²) in [6, 6.07) is 1.42. The Bertz CT molecular complexity index is 489. The molecule has 1 aromatic heterocycles. The van der Waals surface area contributed by atoms with E-state index in [4.69, 9.17) is 9.84 Å². The topological polar surface area (TPSA) is 79.7 Å². The fourth-order valence-corrected chi connectivity index (χ4v) is 2.31. The molecule has 2 heterocycles. The number of ether oxygens (including phenoxy) is 1. The van der Waals surface area contributed by atoms with E-state index in [-0.39, 0.29) is 17.5 Å². The van der Waals surface area contributed by atoms with Gasteiger partial charge in [-0.1, -0.05) is 0 Å². The molecular weight excluding hydrogens is 248 g/mol. The van der Waals surface area contributed by atoms with Gasteiger partial charge in [-0.05, 0) is 18.9 Å². The number of carboxylic acid groups (broad SMARTS) is 1. The van der Waals surface area contributed by atoms with Gasteiger partial charge in [-0.15, -0.1) is 0 Å². The third-order valence-corrected chi connectivity index (χ3v) is 3.23. The second-order valence-corrected chi connectivity index (χ2v) is 4.52. The Labute approximate surface area is 111 Å². The number of aromatic carboxylic acids is 1. The van der Waals surface area contributed by atoms with Gasteiger partial charge in [-0.3, -0.25) is 9.78 Å². The van der Waals surface area contributed by atoms with E-state index >= 15 is 0 Å². The van der Waals surface area contributed by atoms with Crippen molar-refractivity contribution < 1.29 is 19.4 Å². The Morgan fingerprint density at radius 3 is 2.89 bits per heavy atom. The average Bonchev–Trinajstić information content (AvgIpc) is 2.86. The maximum Gasteiger partial charge on any atom is 0.337 e. The molecule has 2 rings (SSSR count). The molecule has 1 atom stereocenters. The van der Waals surface area contributed by atoms with Gasteiger partial charge in [-0.25, -0.2) is 4.79 Å². The maximum atomic E-state index is 12.3. The molecule has 0 radical (unpaired) electrons. The van der Waals surface area contributed by atoms with E-state index in [2.05, 4.69) is 4.98 Å². The number of carbonyl (C=O) groups excluding carboxylic acids is 1. The molecular formula is C13H16N2O4. The third kappa shape index (κ3) is 2.90. The summed E-state index contributed by atoms with van der Waals surface area (Å²) < 4.78 is 5.10. The monoisotopic (exact) mass is 264 g/mol. The van der Waals surface area contributed by atoms with Crippen LogP contribution in [0, 0.1) is 0 Å². The first-order chi connectivity index (χ1) is 9.13. The standard InChI is InChI=1S/C13H16N2O4/c1-19-8-11-3-2-4-15(11)12(16)9-5-10(13(17)18)7-14-6-9/h5-7,11H,2-4,8H2,1H3,(H,17,18)/t11-/m1/s1. The van der Waals surface area contributed by atoms with Crippen LogP contribution in [0.1, 0.15) is 33.6 Å². The van der Waals surface area contributed by atoms with Crippen LogP contribution < -0.4 is 0 Å². The molecule has 6 nitrogen and oxygen atoms in total. The minimum Gasteiger partial charge on any atom is -0.478 e. The van der Waals surface area contributed by atoms with Gasteiger partial charge in [0, 0.05) is 26.0 Å². The Morgan fingerprint density at radius 2 is 2.21 bits per heavy atom. The highest BCUT2D eigenvalue weighted by molar-refractivity contribution is 5.97. The van der Waals surface area contributed by atoms with Gasteiger partial charge < -0.3 is 14.7 Å². The molecule has 1 aromatic rings. The molecule has 1 aliphatic rings. The summed E-state index contributed by atoms with van der Waals surface area (Å²) in [6.07, 6.45) is 4.48. The zero-order chi connectivity index (χ0) is 13.8. The van der Waals surface area contributed by atoms with Gasteiger partial charge in [0.1, 0.15) is 0 Å². The fraction of sp³-hybridized carbons (Fsp3) is 0.462. The Kier molecular flexibility index (Phi) is 4.11. The van der Waals surface area contributed by atoms with E-state index in [1.807, 2.05) is 0 Å². The highest BCUT2D eigenvalue weighted by atomic mass is 16.5. The van der Waals surface area contributed by atoms with Gasteiger partial charge in [0.15, 0.2) is 0 Å². The molecule has 0 spiro atoms. The molecule has 0 bridgehead atoms. The molecule has 1 N–H and O–H groups in total. The molecule has 1 aliphatic heterocycles. The summed E-state index contributed by atoms with van der Waals surface area (Å²) >= 11 is 0. The lowest BCUT2D eigenvalue weighted by Gasteiger charge is -2.24. The first-order valence-corrected chi connectivity index (χ1v) is 6.11. The van der Waals surface area contributed by atoms with Crippen molar-refractivity contribution in [1.82, 2.24) is 9.88 Å². The predicted molar refractivity (Wildman–Crippen MR) is 67.1 cm³/mol. The second-order valence-electron chi connectivity index (χ2n) is 4.52. The largest absolute Gasteiger partial charge is 0.478 e. The van der Waals surface area contributed by atoms with Crippen molar-refractivity contribution in [1.29, 1.82) is 0 Å². The number of nitrogens with zero attached hydrogens (tertiary/aromatic N) is 2. The number of hydrogen-bond donors (Lipinski definition) is 1. The number of rotatable bonds is 4. The van der Waals surface area contributed by atoms with E-state index in [0.717, 1.165) is 12.8 Å². The van der Waals surface area contributed by atoms with Crippen molar-refractivity contribution >= 4 is 11.9 Å². The summed E-state index contributed by atoms with van der Waals surface area (Å²) in [5.74, 6) is -1.27. The number of aromatic nitrogens is 1. The molecule has 6 heteroatoms. The van der Waals surface area contributed by atoms with Crippen LogP contribution in [0.4, 0.5) is 0 Å². The Hall–Kier alpha value is -1.95. The highest BCUT2D eigenvalue weighted by Gasteiger charge is 2.29. The van der Waals surface area contributed by atoms with Crippen molar-refractivity contribution in [3.05, 3.63) is 29.6 Å². The van der Waals surface area contributed by atoms with Gasteiger partial charge in [0.2, 0.25) is 0 Å². The van der Waals surface area contributed by atoms with Crippen LogP contribution in [0.15, 0.2) is 18.5 Å². The lowest BCUT2D eigenvalue weighted by molar-refractivity contribution is 0.0630. The summed E-state index contributed by atoms with van der Waals surface area (Å²) in [5.41, 5.74) is 0.330. The van der Waals surface area contributed by atoms with Crippen molar-refractivity contribution in [2.75, 3.05) is 20.3 Å². The maximum absolute atomic E-state index is 12.3. The van der Waals surface area contributed by atoms with Gasteiger partial charge >= 0.3 is 5.97 Å². The molecule has 0 unspecified atom stereocenters. The average molecular weight is 264 g/mol. The molecule has 0 aliphatic carbocycles. The quantitative estimate of drug-likeness (QED) is 0.878. The van der Waals surface area contributed by atoms with Crippen LogP contribution in [-0.2, 0) is 4.74 Å². The van der Waals surface area contributed by atoms with E-state index in [0.29, 0.717) is 18.7 Å². The SMILES string of the molecule is COC[C@H]1CCCN1C(=O)c1cncc(C(=O)O)c1. The minimum absolute atomic E-state index is 0.0216. The minimum atomic E-state index is -1.09. The Morgan fingerprint density at radius 1 is 1.47 bits per heavy atom. The van der Waals surface area contributed by atoms with E-state index in [1.54, 1.807) is 12.0 Å². The van der Waals surface area contributed by atoms with Crippen molar-refractivity contribution in [2.24, 2.45) is 0 Å². The zero-order valence-corrected chi connectivity index (χ0v) is 10.7. The lowest BCUT2D eigenvalue weighted by Crippen LogP contribution is -2.38. The van der Waals surface area contributed by atoms with Gasteiger partial charge in [-0.2, -0.15) is 0 Å². The molecule has 102 valence electrons. The van der Waals surface area contributed by atoms with Crippen LogP contribution in [0.2, 0.25) is 0 Å². The molecule has 1 fully saturated rings. The van der Waals surface area contributed by atoms with E-state index in [9.17, 15) is 9.59 Å². The van der Waals surface area contributed by atoms with Crippen LogP contribution in [0.5, 0.6) is 0 Å². The first-order valence-electron chi connectivity index (χ1n) is 6.11. The van der Waals surface area contributed by atoms with Gasteiger partial charge in [0.25, 0.3) is 5.91 Å². The molecule has 1 saturated heterocycles. The number of pyridine rings is 1. The van der Waals surface area contributed by atoms with Crippen LogP contribution in [0.25, 0.3) is 0 Å². The molecule has 0 aromatic carbocycles. The number of hydrogen-bond acceptors (Lipinski definition) is 4. The summed E-state index contributed by atoms with van der Waals surface area (Å²) in [7, 11) is 1.60. The normalized spacial score (nSPS) is 18.6. The zero-order valence-electron chi connectivity index (χ0n) is 10.7. The number of amides is 1. The highest BCUT2D eigenvalue weighted by Crippen LogP contribution is 2.20. The third-order valence-electron chi connectivity index (χ3n) is 3.23. The summed E-state index contributed by atoms with van der Waals surface area (Å²) in [5, 5.41) is 8.91. The predicted octanol–water partition coefficient (Wildman–Crippen LogP) is 1.03. The number of carbonyl (C=O) groups is 2. The number of methoxy groups -OCH3 is 1. The number of likely N-dealkylation sites (tertiary alicyclic amines) is 1. The van der Waals surface area contributed by atoms with E-state index in [1.165, 1.54) is 18.5 Å². The van der Waals surface area contributed by atoms with Crippen molar-refractivity contribution in [3.63, 3.8) is 0 Å². The molecule has 0 saturated carbocycles. The van der Waals surface area contributed by atoms with Crippen molar-refractivity contribution in [2.45, 2.75) is 18.9 Å². The summed E-state index contributed by atoms with van der Waals surface area (Å²) in [4.78, 5) is 28.8. The van der Waals surface area contributed by atoms with Gasteiger partial charge in [0.05, 0.1) is 23.8 Å². The van der Waals surface area contributed by atoms with Crippen LogP contribution in [-0.4, -0.2) is 53.2 Å².